The van der Waals surface area contributed by atoms with Crippen molar-refractivity contribution in [2.24, 2.45) is 0 Å². The summed E-state index contributed by atoms with van der Waals surface area (Å²) < 4.78 is 1.01. The predicted molar refractivity (Wildman–Crippen MR) is 131 cm³/mol. The predicted octanol–water partition coefficient (Wildman–Crippen LogP) is 4.28. The number of aromatic amines is 1. The zero-order valence-corrected chi connectivity index (χ0v) is 18.8. The van der Waals surface area contributed by atoms with Crippen molar-refractivity contribution < 1.29 is 4.79 Å². The van der Waals surface area contributed by atoms with E-state index in [2.05, 4.69) is 19.7 Å². The molecule has 2 aromatic carbocycles. The van der Waals surface area contributed by atoms with Gasteiger partial charge in [-0.25, -0.2) is 14.7 Å². The molecule has 0 aliphatic carbocycles. The fourth-order valence-corrected chi connectivity index (χ4v) is 5.33. The molecule has 0 unspecified atom stereocenters. The molecule has 1 aliphatic heterocycles. The number of H-pyrrole nitrogens is 1. The van der Waals surface area contributed by atoms with E-state index < -0.39 is 0 Å². The lowest BCUT2D eigenvalue weighted by molar-refractivity contribution is -0.125. The summed E-state index contributed by atoms with van der Waals surface area (Å²) in [5.74, 6) is -0.241. The van der Waals surface area contributed by atoms with Crippen molar-refractivity contribution in [3.63, 3.8) is 0 Å². The average Bonchev–Trinajstić information content (AvgIpc) is 3.32. The standard InChI is InChI=1S/C26H21N5OS/c1-27-23(25-29-19-13-7-8-14-20(19)33-25)21-17-11-5-6-12-18(17)22(30-21)24(28-2)26(32)31-15-9-3-4-10-16-31/h5-8,11-14,30H,3-4,9-10,15-16H2. The molecular formula is C26H21N5OS. The second-order valence-corrected chi connectivity index (χ2v) is 9.07. The number of nitrogens with zero attached hydrogens (tertiary/aromatic N) is 4. The second kappa shape index (κ2) is 8.90. The van der Waals surface area contributed by atoms with Gasteiger partial charge in [0, 0.05) is 13.1 Å². The highest BCUT2D eigenvalue weighted by molar-refractivity contribution is 7.19. The third-order valence-electron chi connectivity index (χ3n) is 6.01. The first kappa shape index (κ1) is 20.9. The molecule has 1 aliphatic rings. The van der Waals surface area contributed by atoms with Crippen molar-refractivity contribution in [2.75, 3.05) is 13.1 Å². The van der Waals surface area contributed by atoms with Crippen LogP contribution in [0, 0.1) is 13.1 Å². The number of amides is 1. The number of aromatic nitrogens is 2. The molecular weight excluding hydrogens is 430 g/mol. The fourth-order valence-electron chi connectivity index (χ4n) is 4.37. The molecule has 162 valence electrons. The van der Waals surface area contributed by atoms with Gasteiger partial charge in [-0.05, 0) is 35.7 Å². The summed E-state index contributed by atoms with van der Waals surface area (Å²) in [5.41, 5.74) is 1.32. The first-order valence-corrected chi connectivity index (χ1v) is 11.8. The Hall–Kier alpha value is -3.94. The van der Waals surface area contributed by atoms with Crippen LogP contribution < -0.4 is 10.7 Å². The number of fused-ring (bicyclic) bond motifs is 2. The highest BCUT2D eigenvalue weighted by Gasteiger charge is 2.22. The van der Waals surface area contributed by atoms with E-state index in [9.17, 15) is 4.79 Å². The van der Waals surface area contributed by atoms with E-state index in [-0.39, 0.29) is 11.6 Å². The van der Waals surface area contributed by atoms with E-state index in [1.54, 1.807) is 4.90 Å². The SMILES string of the molecule is [C-]#[N+]C(C(=O)N1CCCCCC1)=c1[nH]c(=C([N+]#[C-])c2nc3ccccc3s2)c2ccccc12. The molecule has 33 heavy (non-hydrogen) atoms. The van der Waals surface area contributed by atoms with Crippen molar-refractivity contribution in [1.29, 1.82) is 0 Å². The minimum atomic E-state index is -0.241. The van der Waals surface area contributed by atoms with Crippen LogP contribution in [0.25, 0.3) is 42.1 Å². The molecule has 5 rings (SSSR count). The van der Waals surface area contributed by atoms with Gasteiger partial charge in [0.05, 0.1) is 34.1 Å². The molecule has 1 amide bonds. The highest BCUT2D eigenvalue weighted by Crippen LogP contribution is 2.26. The normalized spacial score (nSPS) is 16.1. The van der Waals surface area contributed by atoms with Gasteiger partial charge in [0.15, 0.2) is 0 Å². The zero-order chi connectivity index (χ0) is 22.8. The number of thiazole rings is 1. The van der Waals surface area contributed by atoms with Crippen molar-refractivity contribution in [1.82, 2.24) is 14.9 Å². The van der Waals surface area contributed by atoms with Crippen LogP contribution in [0.15, 0.2) is 48.5 Å². The molecule has 2 aromatic heterocycles. The van der Waals surface area contributed by atoms with Gasteiger partial charge in [-0.2, -0.15) is 0 Å². The molecule has 0 saturated carbocycles. The number of para-hydroxylation sites is 1. The molecule has 1 fully saturated rings. The van der Waals surface area contributed by atoms with E-state index in [4.69, 9.17) is 13.1 Å². The largest absolute Gasteiger partial charge is 0.373 e. The smallest absolute Gasteiger partial charge is 0.273 e. The summed E-state index contributed by atoms with van der Waals surface area (Å²) in [6.07, 6.45) is 4.14. The summed E-state index contributed by atoms with van der Waals surface area (Å²) >= 11 is 1.46. The zero-order valence-electron chi connectivity index (χ0n) is 18.0. The minimum absolute atomic E-state index is 0.0768. The Morgan fingerprint density at radius 2 is 1.58 bits per heavy atom. The van der Waals surface area contributed by atoms with Gasteiger partial charge >= 0.3 is 0 Å². The van der Waals surface area contributed by atoms with E-state index in [1.807, 2.05) is 48.5 Å². The van der Waals surface area contributed by atoms with Gasteiger partial charge in [0.25, 0.3) is 11.6 Å². The van der Waals surface area contributed by atoms with E-state index in [0.29, 0.717) is 34.5 Å². The summed E-state index contributed by atoms with van der Waals surface area (Å²) in [6.45, 7) is 17.1. The van der Waals surface area contributed by atoms with Gasteiger partial charge in [-0.15, -0.1) is 11.3 Å². The Labute approximate surface area is 195 Å². The van der Waals surface area contributed by atoms with Crippen LogP contribution in [0.2, 0.25) is 0 Å². The molecule has 3 heterocycles. The molecule has 1 saturated heterocycles. The lowest BCUT2D eigenvalue weighted by Gasteiger charge is -2.19. The third kappa shape index (κ3) is 3.77. The van der Waals surface area contributed by atoms with Gasteiger partial charge in [-0.3, -0.25) is 4.79 Å². The first-order chi connectivity index (χ1) is 16.2. The number of carbonyl (C=O) groups excluding carboxylic acids is 1. The number of likely N-dealkylation sites (tertiary alicyclic amines) is 1. The van der Waals surface area contributed by atoms with Crippen LogP contribution in [-0.4, -0.2) is 33.9 Å². The van der Waals surface area contributed by atoms with Crippen molar-refractivity contribution >= 4 is 49.6 Å². The Kier molecular flexibility index (Phi) is 5.64. The lowest BCUT2D eigenvalue weighted by Crippen LogP contribution is -2.34. The number of benzene rings is 2. The van der Waals surface area contributed by atoms with Crippen molar-refractivity contribution in [3.05, 3.63) is 87.1 Å². The van der Waals surface area contributed by atoms with Gasteiger partial charge in [-0.1, -0.05) is 49.2 Å². The maximum Gasteiger partial charge on any atom is 0.273 e. The Morgan fingerprint density at radius 3 is 2.24 bits per heavy atom. The maximum absolute atomic E-state index is 13.3. The third-order valence-corrected chi connectivity index (χ3v) is 7.05. The summed E-state index contributed by atoms with van der Waals surface area (Å²) in [6, 6.07) is 15.4. The summed E-state index contributed by atoms with van der Waals surface area (Å²) in [4.78, 5) is 30.6. The van der Waals surface area contributed by atoms with E-state index >= 15 is 0 Å². The monoisotopic (exact) mass is 451 g/mol. The molecule has 0 radical (unpaired) electrons. The Bertz CT molecular complexity index is 1540. The van der Waals surface area contributed by atoms with Gasteiger partial charge < -0.3 is 9.88 Å². The van der Waals surface area contributed by atoms with Crippen molar-refractivity contribution in [3.8, 4) is 0 Å². The lowest BCUT2D eigenvalue weighted by atomic mass is 10.1. The number of hydrogen-bond acceptors (Lipinski definition) is 3. The Morgan fingerprint density at radius 1 is 0.909 bits per heavy atom. The topological polar surface area (TPSA) is 57.7 Å². The van der Waals surface area contributed by atoms with Crippen LogP contribution in [-0.2, 0) is 4.79 Å². The van der Waals surface area contributed by atoms with Crippen LogP contribution in [0.1, 0.15) is 30.7 Å². The van der Waals surface area contributed by atoms with Crippen LogP contribution in [0.4, 0.5) is 0 Å². The van der Waals surface area contributed by atoms with Crippen LogP contribution in [0.5, 0.6) is 0 Å². The van der Waals surface area contributed by atoms with Gasteiger partial charge in [0.2, 0.25) is 5.70 Å². The van der Waals surface area contributed by atoms with Crippen LogP contribution in [0.3, 0.4) is 0 Å². The molecule has 0 spiro atoms. The summed E-state index contributed by atoms with van der Waals surface area (Å²) in [7, 11) is 0. The Balaban J connectivity index is 1.78. The van der Waals surface area contributed by atoms with Gasteiger partial charge in [0.1, 0.15) is 5.01 Å². The minimum Gasteiger partial charge on any atom is -0.373 e. The summed E-state index contributed by atoms with van der Waals surface area (Å²) in [5, 5.41) is 3.27. The average molecular weight is 452 g/mol. The number of hydrogen-bond donors (Lipinski definition) is 1. The van der Waals surface area contributed by atoms with Crippen molar-refractivity contribution in [2.45, 2.75) is 25.7 Å². The van der Waals surface area contributed by atoms with E-state index in [0.717, 1.165) is 46.7 Å². The number of rotatable bonds is 2. The fraction of sp³-hybridized carbons (Fsp3) is 0.231. The van der Waals surface area contributed by atoms with Crippen LogP contribution >= 0.6 is 11.3 Å². The maximum atomic E-state index is 13.3. The molecule has 0 bridgehead atoms. The number of carbonyl (C=O) groups is 1. The number of nitrogens with one attached hydrogen (secondary N) is 1. The second-order valence-electron chi connectivity index (χ2n) is 8.03. The van der Waals surface area contributed by atoms with E-state index in [1.165, 1.54) is 11.3 Å². The molecule has 1 N–H and O–H groups in total. The molecule has 0 atom stereocenters. The molecule has 4 aromatic rings. The molecule has 7 heteroatoms. The molecule has 6 nitrogen and oxygen atoms in total. The first-order valence-electron chi connectivity index (χ1n) is 11.0. The highest BCUT2D eigenvalue weighted by atomic mass is 32.1. The quantitative estimate of drug-likeness (QED) is 0.463.